The van der Waals surface area contributed by atoms with Crippen molar-refractivity contribution in [2.24, 2.45) is 11.7 Å². The van der Waals surface area contributed by atoms with Crippen molar-refractivity contribution < 1.29 is 29.3 Å². The lowest BCUT2D eigenvalue weighted by atomic mass is 9.83. The van der Waals surface area contributed by atoms with Gasteiger partial charge < -0.3 is 30.3 Å². The molecule has 2 aromatic carbocycles. The first-order chi connectivity index (χ1) is 17.9. The van der Waals surface area contributed by atoms with Gasteiger partial charge in [0.25, 0.3) is 0 Å². The molecule has 1 fully saturated rings. The number of hydrogen-bond donors (Lipinski definition) is 3. The third kappa shape index (κ3) is 6.17. The lowest BCUT2D eigenvalue weighted by molar-refractivity contribution is -0.143. The van der Waals surface area contributed by atoms with Crippen molar-refractivity contribution in [1.82, 2.24) is 9.80 Å². The van der Waals surface area contributed by atoms with E-state index in [0.29, 0.717) is 50.5 Å². The van der Waals surface area contributed by atoms with Crippen molar-refractivity contribution in [3.8, 4) is 17.2 Å². The van der Waals surface area contributed by atoms with Crippen LogP contribution in [0, 0.1) is 5.92 Å². The molecule has 0 radical (unpaired) electrons. The number of carboxylic acid groups (broad SMARTS) is 1. The maximum atomic E-state index is 13.3. The second-order valence-electron chi connectivity index (χ2n) is 9.77. The van der Waals surface area contributed by atoms with Crippen LogP contribution >= 0.6 is 0 Å². The van der Waals surface area contributed by atoms with E-state index in [2.05, 4.69) is 6.92 Å². The number of fused-ring (bicyclic) bond motifs is 1. The van der Waals surface area contributed by atoms with Crippen molar-refractivity contribution in [3.63, 3.8) is 0 Å². The molecule has 1 saturated heterocycles. The quantitative estimate of drug-likeness (QED) is 0.397. The Morgan fingerprint density at radius 2 is 1.92 bits per heavy atom. The lowest BCUT2D eigenvalue weighted by Crippen LogP contribution is -2.45. The number of phenolic OH excluding ortho intramolecular Hbond substituents is 1. The van der Waals surface area contributed by atoms with Gasteiger partial charge in [0, 0.05) is 38.1 Å². The average Bonchev–Trinajstić information content (AvgIpc) is 3.50. The van der Waals surface area contributed by atoms with Gasteiger partial charge in [-0.1, -0.05) is 37.6 Å². The van der Waals surface area contributed by atoms with Crippen LogP contribution in [-0.4, -0.2) is 77.4 Å². The number of likely N-dealkylation sites (tertiary alicyclic amines) is 1. The van der Waals surface area contributed by atoms with E-state index in [1.54, 1.807) is 17.0 Å². The van der Waals surface area contributed by atoms with Crippen LogP contribution in [0.15, 0.2) is 42.5 Å². The molecule has 0 aromatic heterocycles. The number of carboxylic acids is 1. The molecule has 37 heavy (non-hydrogen) atoms. The molecule has 9 heteroatoms. The molecule has 1 amide bonds. The number of aromatic hydroxyl groups is 1. The van der Waals surface area contributed by atoms with Crippen molar-refractivity contribution in [2.75, 3.05) is 39.5 Å². The highest BCUT2D eigenvalue weighted by Gasteiger charge is 2.47. The molecular formula is C28H37N3O6. The fraction of sp³-hybridized carbons (Fsp3) is 0.500. The third-order valence-electron chi connectivity index (χ3n) is 7.43. The van der Waals surface area contributed by atoms with Crippen molar-refractivity contribution >= 4 is 11.9 Å². The second-order valence-corrected chi connectivity index (χ2v) is 9.77. The van der Waals surface area contributed by atoms with Gasteiger partial charge in [0.1, 0.15) is 5.75 Å². The summed E-state index contributed by atoms with van der Waals surface area (Å²) in [6.07, 6.45) is 2.85. The number of benzene rings is 2. The normalized spacial score (nSPS) is 20.8. The number of ether oxygens (including phenoxy) is 2. The Labute approximate surface area is 217 Å². The van der Waals surface area contributed by atoms with Crippen molar-refractivity contribution in [2.45, 2.75) is 44.6 Å². The highest BCUT2D eigenvalue weighted by molar-refractivity contribution is 5.79. The maximum Gasteiger partial charge on any atom is 0.308 e. The van der Waals surface area contributed by atoms with E-state index in [1.165, 1.54) is 0 Å². The van der Waals surface area contributed by atoms with Crippen LogP contribution < -0.4 is 15.2 Å². The zero-order valence-electron chi connectivity index (χ0n) is 21.3. The molecule has 200 valence electrons. The Balaban J connectivity index is 1.61. The zero-order chi connectivity index (χ0) is 26.4. The summed E-state index contributed by atoms with van der Waals surface area (Å²) in [5.41, 5.74) is 7.39. The van der Waals surface area contributed by atoms with E-state index < -0.39 is 11.9 Å². The van der Waals surface area contributed by atoms with Gasteiger partial charge >= 0.3 is 5.97 Å². The van der Waals surface area contributed by atoms with E-state index in [-0.39, 0.29) is 37.0 Å². The summed E-state index contributed by atoms with van der Waals surface area (Å²) in [7, 11) is 0. The first-order valence-corrected chi connectivity index (χ1v) is 13.0. The number of carbonyl (C=O) groups excluding carboxylic acids is 1. The van der Waals surface area contributed by atoms with Gasteiger partial charge in [-0.2, -0.15) is 0 Å². The Morgan fingerprint density at radius 3 is 2.65 bits per heavy atom. The molecule has 0 aliphatic carbocycles. The highest BCUT2D eigenvalue weighted by atomic mass is 16.7. The Morgan fingerprint density at radius 1 is 1.14 bits per heavy atom. The SMILES string of the molecule is CCCCN(CCN)C(=O)CN1C[C@H](c2ccc3c(c2)OCO3)[C@@H](C(=O)O)[C@@H]1CCc1ccccc1O. The van der Waals surface area contributed by atoms with E-state index in [4.69, 9.17) is 15.2 Å². The van der Waals surface area contributed by atoms with Crippen LogP contribution in [0.25, 0.3) is 0 Å². The molecule has 9 nitrogen and oxygen atoms in total. The summed E-state index contributed by atoms with van der Waals surface area (Å²) in [5, 5.41) is 20.7. The number of unbranched alkanes of at least 4 members (excludes halogenated alkanes) is 1. The van der Waals surface area contributed by atoms with Gasteiger partial charge in [0.05, 0.1) is 12.5 Å². The minimum atomic E-state index is -0.898. The minimum Gasteiger partial charge on any atom is -0.508 e. The molecule has 0 bridgehead atoms. The molecule has 2 aliphatic rings. The minimum absolute atomic E-state index is 0.0399. The molecule has 4 N–H and O–H groups in total. The first kappa shape index (κ1) is 26.8. The topological polar surface area (TPSA) is 126 Å². The van der Waals surface area contributed by atoms with Crippen LogP contribution in [0.5, 0.6) is 17.2 Å². The number of phenols is 1. The molecule has 3 atom stereocenters. The fourth-order valence-electron chi connectivity index (χ4n) is 5.50. The van der Waals surface area contributed by atoms with E-state index in [0.717, 1.165) is 24.0 Å². The Hall–Kier alpha value is -3.30. The molecule has 0 unspecified atom stereocenters. The summed E-state index contributed by atoms with van der Waals surface area (Å²) in [5.74, 6) is -0.547. The maximum absolute atomic E-state index is 13.3. The largest absolute Gasteiger partial charge is 0.508 e. The first-order valence-electron chi connectivity index (χ1n) is 13.0. The molecule has 2 aliphatic heterocycles. The summed E-state index contributed by atoms with van der Waals surface area (Å²) < 4.78 is 11.0. The smallest absolute Gasteiger partial charge is 0.308 e. The lowest BCUT2D eigenvalue weighted by Gasteiger charge is -2.29. The Kier molecular flexibility index (Phi) is 8.89. The zero-order valence-corrected chi connectivity index (χ0v) is 21.3. The monoisotopic (exact) mass is 511 g/mol. The van der Waals surface area contributed by atoms with E-state index >= 15 is 0 Å². The highest BCUT2D eigenvalue weighted by Crippen LogP contribution is 2.43. The summed E-state index contributed by atoms with van der Waals surface area (Å²) >= 11 is 0. The van der Waals surface area contributed by atoms with E-state index in [1.807, 2.05) is 35.2 Å². The summed E-state index contributed by atoms with van der Waals surface area (Å²) in [6, 6.07) is 12.3. The standard InChI is InChI=1S/C28H37N3O6/c1-2-3-13-30(14-12-29)26(33)17-31-16-21(20-9-11-24-25(15-20)37-18-36-24)27(28(34)35)22(31)10-8-19-6-4-5-7-23(19)32/h4-7,9,11,15,21-22,27,32H,2-3,8,10,12-14,16-18,29H2,1H3,(H,34,35)/t21-,22+,27-/m1/s1. The number of nitrogens with zero attached hydrogens (tertiary/aromatic N) is 2. The molecular weight excluding hydrogens is 474 g/mol. The van der Waals surface area contributed by atoms with Gasteiger partial charge in [-0.3, -0.25) is 14.5 Å². The summed E-state index contributed by atoms with van der Waals surface area (Å²) in [4.78, 5) is 29.8. The number of rotatable bonds is 12. The molecule has 2 heterocycles. The van der Waals surface area contributed by atoms with Crippen LogP contribution in [0.1, 0.15) is 43.2 Å². The van der Waals surface area contributed by atoms with Crippen molar-refractivity contribution in [3.05, 3.63) is 53.6 Å². The molecule has 0 saturated carbocycles. The van der Waals surface area contributed by atoms with Gasteiger partial charge in [-0.15, -0.1) is 0 Å². The van der Waals surface area contributed by atoms with E-state index in [9.17, 15) is 19.8 Å². The number of hydrogen-bond acceptors (Lipinski definition) is 7. The number of aryl methyl sites for hydroxylation is 1. The number of nitrogens with two attached hydrogens (primary N) is 1. The van der Waals surface area contributed by atoms with Gasteiger partial charge in [-0.25, -0.2) is 0 Å². The van der Waals surface area contributed by atoms with Gasteiger partial charge in [0.2, 0.25) is 12.7 Å². The second kappa shape index (κ2) is 12.3. The average molecular weight is 512 g/mol. The van der Waals surface area contributed by atoms with Crippen LogP contribution in [0.2, 0.25) is 0 Å². The third-order valence-corrected chi connectivity index (χ3v) is 7.43. The van der Waals surface area contributed by atoms with Crippen LogP contribution in [-0.2, 0) is 16.0 Å². The number of para-hydroxylation sites is 1. The van der Waals surface area contributed by atoms with Gasteiger partial charge in [0.15, 0.2) is 11.5 Å². The summed E-state index contributed by atoms with van der Waals surface area (Å²) in [6.45, 7) is 4.26. The Bertz CT molecular complexity index is 1090. The number of amides is 1. The number of carbonyl (C=O) groups is 2. The van der Waals surface area contributed by atoms with Gasteiger partial charge in [-0.05, 0) is 48.6 Å². The predicted octanol–water partition coefficient (Wildman–Crippen LogP) is 2.81. The molecule has 2 aromatic rings. The number of aliphatic carboxylic acids is 1. The molecule has 4 rings (SSSR count). The van der Waals surface area contributed by atoms with Crippen LogP contribution in [0.3, 0.4) is 0 Å². The molecule has 0 spiro atoms. The fourth-order valence-corrected chi connectivity index (χ4v) is 5.50. The van der Waals surface area contributed by atoms with Crippen molar-refractivity contribution in [1.29, 1.82) is 0 Å². The predicted molar refractivity (Wildman–Crippen MR) is 139 cm³/mol. The van der Waals surface area contributed by atoms with Crippen LogP contribution in [0.4, 0.5) is 0 Å².